The minimum absolute atomic E-state index is 0.402. The minimum Gasteiger partial charge on any atom is -0.481 e. The van der Waals surface area contributed by atoms with Gasteiger partial charge in [0.25, 0.3) is 0 Å². The Morgan fingerprint density at radius 3 is 1.52 bits per heavy atom. The highest BCUT2D eigenvalue weighted by Gasteiger charge is 2.40. The van der Waals surface area contributed by atoms with Crippen molar-refractivity contribution in [2.24, 2.45) is 0 Å². The Balaban J connectivity index is 2.27. The summed E-state index contributed by atoms with van der Waals surface area (Å²) in [5.41, 5.74) is 1.71. The first-order valence-electron chi connectivity index (χ1n) is 9.32. The highest BCUT2D eigenvalue weighted by Crippen LogP contribution is 2.37. The molecule has 0 bridgehead atoms. The van der Waals surface area contributed by atoms with E-state index in [9.17, 15) is 14.7 Å². The molecule has 5 nitrogen and oxygen atoms in total. The molecule has 0 aliphatic carbocycles. The monoisotopic (exact) mass is 389 g/mol. The summed E-state index contributed by atoms with van der Waals surface area (Å²) in [5, 5.41) is 12.7. The lowest BCUT2D eigenvalue weighted by atomic mass is 9.76. The van der Waals surface area contributed by atoms with Crippen LogP contribution in [0.5, 0.6) is 0 Å². The first kappa shape index (κ1) is 20.3. The van der Waals surface area contributed by atoms with Gasteiger partial charge in [0, 0.05) is 0 Å². The number of carboxylic acid groups (broad SMARTS) is 1. The molecule has 1 atom stereocenters. The number of methoxy groups -OCH3 is 1. The molecule has 0 amide bonds. The molecule has 0 saturated heterocycles. The molecule has 148 valence electrons. The lowest BCUT2D eigenvalue weighted by Crippen LogP contribution is -2.53. The van der Waals surface area contributed by atoms with E-state index in [4.69, 9.17) is 4.74 Å². The van der Waals surface area contributed by atoms with Crippen molar-refractivity contribution in [1.29, 1.82) is 0 Å². The van der Waals surface area contributed by atoms with Crippen molar-refractivity contribution in [3.63, 3.8) is 0 Å². The highest BCUT2D eigenvalue weighted by atomic mass is 16.5. The lowest BCUT2D eigenvalue weighted by Gasteiger charge is -2.39. The number of ether oxygens (including phenoxy) is 1. The predicted octanol–water partition coefficient (Wildman–Crippen LogP) is 3.58. The second-order valence-electron chi connectivity index (χ2n) is 6.67. The summed E-state index contributed by atoms with van der Waals surface area (Å²) in [6.45, 7) is 0. The van der Waals surface area contributed by atoms with Crippen molar-refractivity contribution in [3.8, 4) is 0 Å². The molecule has 5 heteroatoms. The van der Waals surface area contributed by atoms with Crippen LogP contribution in [0, 0.1) is 0 Å². The van der Waals surface area contributed by atoms with Gasteiger partial charge in [0.1, 0.15) is 6.04 Å². The number of hydrogen-bond donors (Lipinski definition) is 2. The molecule has 0 aliphatic rings. The van der Waals surface area contributed by atoms with E-state index in [1.54, 1.807) is 0 Å². The average molecular weight is 389 g/mol. The van der Waals surface area contributed by atoms with Gasteiger partial charge in [-0.3, -0.25) is 14.9 Å². The van der Waals surface area contributed by atoms with Crippen molar-refractivity contribution in [2.75, 3.05) is 7.11 Å². The highest BCUT2D eigenvalue weighted by molar-refractivity contribution is 5.82. The molecule has 0 fully saturated rings. The van der Waals surface area contributed by atoms with Crippen LogP contribution in [-0.4, -0.2) is 30.2 Å². The largest absolute Gasteiger partial charge is 0.481 e. The van der Waals surface area contributed by atoms with Crippen LogP contribution in [0.2, 0.25) is 0 Å². The Hall–Kier alpha value is -3.44. The second kappa shape index (κ2) is 9.17. The van der Waals surface area contributed by atoms with Gasteiger partial charge in [-0.2, -0.15) is 0 Å². The summed E-state index contributed by atoms with van der Waals surface area (Å²) < 4.78 is 4.90. The Bertz CT molecular complexity index is 846. The Kier molecular flexibility index (Phi) is 6.42. The van der Waals surface area contributed by atoms with Gasteiger partial charge < -0.3 is 9.84 Å². The van der Waals surface area contributed by atoms with E-state index in [1.807, 2.05) is 91.0 Å². The van der Waals surface area contributed by atoms with Gasteiger partial charge in [-0.1, -0.05) is 91.0 Å². The molecule has 3 aromatic carbocycles. The van der Waals surface area contributed by atoms with Gasteiger partial charge in [-0.05, 0) is 16.7 Å². The summed E-state index contributed by atoms with van der Waals surface area (Å²) >= 11 is 0. The van der Waals surface area contributed by atoms with E-state index >= 15 is 0 Å². The number of nitrogens with one attached hydrogen (secondary N) is 1. The van der Waals surface area contributed by atoms with Gasteiger partial charge in [-0.15, -0.1) is 0 Å². The molecular weight excluding hydrogens is 366 g/mol. The fourth-order valence-corrected chi connectivity index (χ4v) is 3.59. The summed E-state index contributed by atoms with van der Waals surface area (Å²) in [7, 11) is 1.26. The summed E-state index contributed by atoms with van der Waals surface area (Å²) in [5.74, 6) is -1.71. The molecule has 3 rings (SSSR count). The van der Waals surface area contributed by atoms with E-state index in [0.717, 1.165) is 16.7 Å². The zero-order valence-electron chi connectivity index (χ0n) is 16.1. The summed E-state index contributed by atoms with van der Waals surface area (Å²) in [6, 6.07) is 28.0. The number of hydrogen-bond acceptors (Lipinski definition) is 4. The quantitative estimate of drug-likeness (QED) is 0.455. The first-order chi connectivity index (χ1) is 14.1. The van der Waals surface area contributed by atoms with E-state index in [-0.39, 0.29) is 0 Å². The maximum atomic E-state index is 12.5. The topological polar surface area (TPSA) is 75.6 Å². The van der Waals surface area contributed by atoms with Crippen LogP contribution >= 0.6 is 0 Å². The number of benzene rings is 3. The molecule has 29 heavy (non-hydrogen) atoms. The van der Waals surface area contributed by atoms with E-state index in [0.29, 0.717) is 0 Å². The molecule has 0 spiro atoms. The third-order valence-electron chi connectivity index (χ3n) is 4.88. The maximum absolute atomic E-state index is 12.5. The van der Waals surface area contributed by atoms with Crippen molar-refractivity contribution in [2.45, 2.75) is 18.0 Å². The van der Waals surface area contributed by atoms with Crippen LogP contribution < -0.4 is 5.32 Å². The zero-order chi connectivity index (χ0) is 20.7. The molecular formula is C24H23NO4. The smallest absolute Gasteiger partial charge is 0.323 e. The SMILES string of the molecule is COC(=O)[C@H](CC(=O)O)NC(c1ccccc1)(c1ccccc1)c1ccccc1. The molecule has 2 N–H and O–H groups in total. The molecule has 0 radical (unpaired) electrons. The van der Waals surface area contributed by atoms with Crippen LogP contribution in [0.4, 0.5) is 0 Å². The molecule has 0 aliphatic heterocycles. The fraction of sp³-hybridized carbons (Fsp3) is 0.167. The number of carboxylic acids is 1. The van der Waals surface area contributed by atoms with Crippen LogP contribution in [0.15, 0.2) is 91.0 Å². The van der Waals surface area contributed by atoms with Crippen molar-refractivity contribution in [1.82, 2.24) is 5.32 Å². The molecule has 3 aromatic rings. The van der Waals surface area contributed by atoms with Crippen molar-refractivity contribution >= 4 is 11.9 Å². The molecule has 0 saturated carbocycles. The zero-order valence-corrected chi connectivity index (χ0v) is 16.1. The normalized spacial score (nSPS) is 12.2. The fourth-order valence-electron chi connectivity index (χ4n) is 3.59. The number of carbonyl (C=O) groups is 2. The van der Waals surface area contributed by atoms with Crippen molar-refractivity contribution in [3.05, 3.63) is 108 Å². The van der Waals surface area contributed by atoms with Gasteiger partial charge in [0.2, 0.25) is 0 Å². The lowest BCUT2D eigenvalue weighted by molar-refractivity contribution is -0.148. The van der Waals surface area contributed by atoms with Gasteiger partial charge in [0.15, 0.2) is 0 Å². The standard InChI is InChI=1S/C24H23NO4/c1-29-23(28)21(17-22(26)27)25-24(18-11-5-2-6-12-18,19-13-7-3-8-14-19)20-15-9-4-10-16-20/h2-16,21,25H,17H2,1H3,(H,26,27)/t21-/m0/s1. The van der Waals surface area contributed by atoms with Crippen LogP contribution in [-0.2, 0) is 19.9 Å². The molecule has 0 aromatic heterocycles. The van der Waals surface area contributed by atoms with Gasteiger partial charge >= 0.3 is 11.9 Å². The van der Waals surface area contributed by atoms with E-state index in [1.165, 1.54) is 7.11 Å². The Morgan fingerprint density at radius 1 is 0.828 bits per heavy atom. The maximum Gasteiger partial charge on any atom is 0.323 e. The second-order valence-corrected chi connectivity index (χ2v) is 6.67. The number of aliphatic carboxylic acids is 1. The number of esters is 1. The van der Waals surface area contributed by atoms with Gasteiger partial charge in [-0.25, -0.2) is 0 Å². The van der Waals surface area contributed by atoms with Crippen molar-refractivity contribution < 1.29 is 19.4 Å². The van der Waals surface area contributed by atoms with E-state index < -0.39 is 29.9 Å². The Morgan fingerprint density at radius 2 is 1.21 bits per heavy atom. The number of rotatable bonds is 8. The third kappa shape index (κ3) is 4.36. The van der Waals surface area contributed by atoms with Crippen LogP contribution in [0.25, 0.3) is 0 Å². The molecule has 0 heterocycles. The Labute approximate surface area is 170 Å². The average Bonchev–Trinajstić information content (AvgIpc) is 2.77. The van der Waals surface area contributed by atoms with Crippen LogP contribution in [0.3, 0.4) is 0 Å². The van der Waals surface area contributed by atoms with Crippen LogP contribution in [0.1, 0.15) is 23.1 Å². The summed E-state index contributed by atoms with van der Waals surface area (Å²) in [6.07, 6.45) is -0.402. The third-order valence-corrected chi connectivity index (χ3v) is 4.88. The first-order valence-corrected chi connectivity index (χ1v) is 9.32. The predicted molar refractivity (Wildman–Crippen MR) is 110 cm³/mol. The summed E-state index contributed by atoms with van der Waals surface area (Å²) in [4.78, 5) is 23.9. The van der Waals surface area contributed by atoms with Gasteiger partial charge in [0.05, 0.1) is 19.1 Å². The molecule has 0 unspecified atom stereocenters. The number of carbonyl (C=O) groups excluding carboxylic acids is 1. The minimum atomic E-state index is -1.09. The van der Waals surface area contributed by atoms with E-state index in [2.05, 4.69) is 5.32 Å².